The standard InChI is InChI=1S/C17H17N3O5S/c1-2-25-17-14(8-5-9-18-17)26(23,24)20-16(22)13-10-19-15(21)12-7-4-3-6-11(12)13/h3-9,13H,2,10H2,1H3,(H,19,21)(H,20,22). The van der Waals surface area contributed by atoms with Gasteiger partial charge in [-0.1, -0.05) is 18.2 Å². The van der Waals surface area contributed by atoms with Crippen LogP contribution in [-0.4, -0.2) is 38.4 Å². The van der Waals surface area contributed by atoms with Crippen molar-refractivity contribution in [2.24, 2.45) is 0 Å². The third kappa shape index (κ3) is 3.38. The molecule has 1 aromatic heterocycles. The summed E-state index contributed by atoms with van der Waals surface area (Å²) in [5.41, 5.74) is 0.841. The maximum Gasteiger partial charge on any atom is 0.269 e. The Hall–Kier alpha value is -2.94. The van der Waals surface area contributed by atoms with E-state index >= 15 is 0 Å². The number of fused-ring (bicyclic) bond motifs is 1. The molecule has 1 aliphatic heterocycles. The lowest BCUT2D eigenvalue weighted by Crippen LogP contribution is -2.43. The van der Waals surface area contributed by atoms with Crippen LogP contribution in [0.15, 0.2) is 47.5 Å². The summed E-state index contributed by atoms with van der Waals surface area (Å²) >= 11 is 0. The van der Waals surface area contributed by atoms with E-state index in [0.29, 0.717) is 11.1 Å². The van der Waals surface area contributed by atoms with Crippen molar-refractivity contribution >= 4 is 21.8 Å². The quantitative estimate of drug-likeness (QED) is 0.799. The van der Waals surface area contributed by atoms with Gasteiger partial charge in [0.2, 0.25) is 11.8 Å². The zero-order valence-corrected chi connectivity index (χ0v) is 14.7. The number of amides is 2. The molecule has 2 amide bonds. The largest absolute Gasteiger partial charge is 0.477 e. The van der Waals surface area contributed by atoms with Crippen LogP contribution in [0.2, 0.25) is 0 Å². The summed E-state index contributed by atoms with van der Waals surface area (Å²) in [7, 11) is -4.18. The van der Waals surface area contributed by atoms with E-state index in [0.717, 1.165) is 0 Å². The number of sulfonamides is 1. The molecule has 1 aromatic carbocycles. The van der Waals surface area contributed by atoms with Gasteiger partial charge in [0, 0.05) is 18.3 Å². The van der Waals surface area contributed by atoms with E-state index in [1.165, 1.54) is 18.3 Å². The number of ether oxygens (including phenoxy) is 1. The second kappa shape index (κ2) is 7.12. The number of nitrogens with zero attached hydrogens (tertiary/aromatic N) is 1. The van der Waals surface area contributed by atoms with Gasteiger partial charge in [-0.15, -0.1) is 0 Å². The highest BCUT2D eigenvalue weighted by Gasteiger charge is 2.33. The number of aromatic nitrogens is 1. The molecule has 2 heterocycles. The SMILES string of the molecule is CCOc1ncccc1S(=O)(=O)NC(=O)C1CNC(=O)c2ccccc21. The van der Waals surface area contributed by atoms with Gasteiger partial charge >= 0.3 is 0 Å². The number of hydrogen-bond donors (Lipinski definition) is 2. The number of rotatable bonds is 5. The molecule has 9 heteroatoms. The highest BCUT2D eigenvalue weighted by molar-refractivity contribution is 7.90. The Morgan fingerprint density at radius 2 is 2.08 bits per heavy atom. The first-order valence-electron chi connectivity index (χ1n) is 7.95. The lowest BCUT2D eigenvalue weighted by Gasteiger charge is -2.24. The molecule has 1 unspecified atom stereocenters. The summed E-state index contributed by atoms with van der Waals surface area (Å²) in [6, 6.07) is 9.36. The minimum atomic E-state index is -4.18. The van der Waals surface area contributed by atoms with Gasteiger partial charge in [-0.05, 0) is 30.7 Å². The summed E-state index contributed by atoms with van der Waals surface area (Å²) in [6.45, 7) is 1.95. The van der Waals surface area contributed by atoms with Gasteiger partial charge in [-0.25, -0.2) is 18.1 Å². The zero-order chi connectivity index (χ0) is 18.7. The second-order valence-electron chi connectivity index (χ2n) is 5.56. The average Bonchev–Trinajstić information content (AvgIpc) is 2.62. The number of hydrogen-bond acceptors (Lipinski definition) is 6. The predicted octanol–water partition coefficient (Wildman–Crippen LogP) is 0.812. The number of pyridine rings is 1. The van der Waals surface area contributed by atoms with Crippen LogP contribution < -0.4 is 14.8 Å². The minimum Gasteiger partial charge on any atom is -0.477 e. The summed E-state index contributed by atoms with van der Waals surface area (Å²) in [4.78, 5) is 28.2. The van der Waals surface area contributed by atoms with Gasteiger partial charge in [0.15, 0.2) is 0 Å². The van der Waals surface area contributed by atoms with Crippen LogP contribution in [0.5, 0.6) is 5.88 Å². The van der Waals surface area contributed by atoms with Crippen LogP contribution in [0.25, 0.3) is 0 Å². The molecule has 2 N–H and O–H groups in total. The Labute approximate surface area is 150 Å². The molecular weight excluding hydrogens is 358 g/mol. The molecule has 136 valence electrons. The van der Waals surface area contributed by atoms with Gasteiger partial charge in [0.25, 0.3) is 15.9 Å². The molecule has 0 saturated carbocycles. The molecule has 0 spiro atoms. The van der Waals surface area contributed by atoms with Crippen molar-refractivity contribution in [1.29, 1.82) is 0 Å². The molecule has 0 aliphatic carbocycles. The lowest BCUT2D eigenvalue weighted by atomic mass is 9.90. The number of carbonyl (C=O) groups is 2. The maximum atomic E-state index is 12.6. The van der Waals surface area contributed by atoms with E-state index < -0.39 is 21.8 Å². The van der Waals surface area contributed by atoms with Crippen LogP contribution in [-0.2, 0) is 14.8 Å². The van der Waals surface area contributed by atoms with E-state index in [-0.39, 0.29) is 29.8 Å². The van der Waals surface area contributed by atoms with Crippen LogP contribution in [0.3, 0.4) is 0 Å². The highest BCUT2D eigenvalue weighted by atomic mass is 32.2. The summed E-state index contributed by atoms with van der Waals surface area (Å²) in [5.74, 6) is -1.92. The van der Waals surface area contributed by atoms with Crippen molar-refractivity contribution in [3.63, 3.8) is 0 Å². The van der Waals surface area contributed by atoms with Gasteiger partial charge < -0.3 is 10.1 Å². The van der Waals surface area contributed by atoms with Crippen molar-refractivity contribution in [1.82, 2.24) is 15.0 Å². The van der Waals surface area contributed by atoms with E-state index in [1.807, 2.05) is 0 Å². The van der Waals surface area contributed by atoms with E-state index in [1.54, 1.807) is 31.2 Å². The molecule has 0 fully saturated rings. The van der Waals surface area contributed by atoms with Gasteiger partial charge in [0.05, 0.1) is 12.5 Å². The number of nitrogens with one attached hydrogen (secondary N) is 2. The maximum absolute atomic E-state index is 12.6. The van der Waals surface area contributed by atoms with Crippen LogP contribution in [0.1, 0.15) is 28.8 Å². The van der Waals surface area contributed by atoms with Crippen molar-refractivity contribution in [2.45, 2.75) is 17.7 Å². The molecule has 1 aliphatic rings. The fourth-order valence-electron chi connectivity index (χ4n) is 2.73. The molecule has 2 aromatic rings. The molecule has 1 atom stereocenters. The fraction of sp³-hybridized carbons (Fsp3) is 0.235. The van der Waals surface area contributed by atoms with Crippen molar-refractivity contribution in [2.75, 3.05) is 13.2 Å². The lowest BCUT2D eigenvalue weighted by molar-refractivity contribution is -0.120. The third-order valence-electron chi connectivity index (χ3n) is 3.91. The van der Waals surface area contributed by atoms with E-state index in [2.05, 4.69) is 15.0 Å². The van der Waals surface area contributed by atoms with Crippen molar-refractivity contribution < 1.29 is 22.7 Å². The Morgan fingerprint density at radius 1 is 1.31 bits per heavy atom. The van der Waals surface area contributed by atoms with E-state index in [4.69, 9.17) is 4.74 Å². The molecule has 0 bridgehead atoms. The normalized spacial score (nSPS) is 16.3. The number of benzene rings is 1. The fourth-order valence-corrected chi connectivity index (χ4v) is 3.84. The Morgan fingerprint density at radius 3 is 2.85 bits per heavy atom. The molecule has 0 saturated heterocycles. The first-order valence-corrected chi connectivity index (χ1v) is 9.44. The molecule has 8 nitrogen and oxygen atoms in total. The van der Waals surface area contributed by atoms with Crippen molar-refractivity contribution in [3.05, 3.63) is 53.7 Å². The van der Waals surface area contributed by atoms with Gasteiger partial charge in [0.1, 0.15) is 4.90 Å². The third-order valence-corrected chi connectivity index (χ3v) is 5.27. The summed E-state index contributed by atoms with van der Waals surface area (Å²) in [5, 5.41) is 2.59. The molecular formula is C17H17N3O5S. The van der Waals surface area contributed by atoms with Crippen molar-refractivity contribution in [3.8, 4) is 5.88 Å². The van der Waals surface area contributed by atoms with Crippen LogP contribution in [0.4, 0.5) is 0 Å². The first-order chi connectivity index (χ1) is 12.4. The van der Waals surface area contributed by atoms with Crippen LogP contribution in [0, 0.1) is 0 Å². The van der Waals surface area contributed by atoms with E-state index in [9.17, 15) is 18.0 Å². The Bertz CT molecular complexity index is 958. The smallest absolute Gasteiger partial charge is 0.269 e. The highest BCUT2D eigenvalue weighted by Crippen LogP contribution is 2.26. The Kier molecular flexibility index (Phi) is 4.90. The molecule has 0 radical (unpaired) electrons. The van der Waals surface area contributed by atoms with Gasteiger partial charge in [-0.3, -0.25) is 9.59 Å². The van der Waals surface area contributed by atoms with Gasteiger partial charge in [-0.2, -0.15) is 0 Å². The summed E-state index contributed by atoms with van der Waals surface area (Å²) < 4.78 is 32.5. The average molecular weight is 375 g/mol. The monoisotopic (exact) mass is 375 g/mol. The minimum absolute atomic E-state index is 0.0164. The molecule has 26 heavy (non-hydrogen) atoms. The molecule has 3 rings (SSSR count). The Balaban J connectivity index is 1.89. The summed E-state index contributed by atoms with van der Waals surface area (Å²) in [6.07, 6.45) is 1.40. The predicted molar refractivity (Wildman–Crippen MR) is 92.3 cm³/mol. The second-order valence-corrected chi connectivity index (χ2v) is 7.21. The topological polar surface area (TPSA) is 114 Å². The van der Waals surface area contributed by atoms with Crippen LogP contribution >= 0.6 is 0 Å². The first kappa shape index (κ1) is 17.9. The number of carbonyl (C=O) groups excluding carboxylic acids is 2. The zero-order valence-electron chi connectivity index (χ0n) is 13.9.